The van der Waals surface area contributed by atoms with Gasteiger partial charge in [-0.15, -0.1) is 0 Å². The van der Waals surface area contributed by atoms with E-state index in [9.17, 15) is 0 Å². The van der Waals surface area contributed by atoms with E-state index < -0.39 is 0 Å². The summed E-state index contributed by atoms with van der Waals surface area (Å²) in [6.07, 6.45) is 4.61. The first-order valence-electron chi connectivity index (χ1n) is 7.86. The van der Waals surface area contributed by atoms with Crippen LogP contribution in [0.1, 0.15) is 36.8 Å². The van der Waals surface area contributed by atoms with Crippen molar-refractivity contribution in [2.45, 2.75) is 36.1 Å². The van der Waals surface area contributed by atoms with E-state index in [1.54, 1.807) is 0 Å². The highest BCUT2D eigenvalue weighted by molar-refractivity contribution is 9.09. The molecule has 0 aromatic heterocycles. The lowest BCUT2D eigenvalue weighted by Gasteiger charge is -2.44. The van der Waals surface area contributed by atoms with Gasteiger partial charge < -0.3 is 4.74 Å². The highest BCUT2D eigenvalue weighted by atomic mass is 79.9. The second kappa shape index (κ2) is 5.54. The Morgan fingerprint density at radius 1 is 1.00 bits per heavy atom. The van der Waals surface area contributed by atoms with Gasteiger partial charge in [-0.25, -0.2) is 4.99 Å². The number of alkyl halides is 1. The molecule has 22 heavy (non-hydrogen) atoms. The van der Waals surface area contributed by atoms with Crippen molar-refractivity contribution < 1.29 is 4.74 Å². The van der Waals surface area contributed by atoms with Crippen LogP contribution in [0.25, 0.3) is 0 Å². The Labute approximate surface area is 139 Å². The normalized spacial score (nSPS) is 27.0. The molecule has 0 bridgehead atoms. The minimum atomic E-state index is -0.290. The van der Waals surface area contributed by atoms with Crippen molar-refractivity contribution in [3.8, 4) is 0 Å². The zero-order valence-electron chi connectivity index (χ0n) is 12.3. The van der Waals surface area contributed by atoms with Crippen LogP contribution in [0.5, 0.6) is 0 Å². The molecule has 0 amide bonds. The van der Waals surface area contributed by atoms with Gasteiger partial charge in [-0.05, 0) is 37.5 Å². The van der Waals surface area contributed by atoms with Crippen LogP contribution in [-0.2, 0) is 10.3 Å². The molecule has 4 rings (SSSR count). The fourth-order valence-corrected chi connectivity index (χ4v) is 4.40. The van der Waals surface area contributed by atoms with Gasteiger partial charge in [0.05, 0.1) is 10.5 Å². The van der Waals surface area contributed by atoms with Gasteiger partial charge in [0.2, 0.25) is 5.90 Å². The van der Waals surface area contributed by atoms with E-state index in [1.807, 2.05) is 18.2 Å². The maximum absolute atomic E-state index is 6.54. The first-order chi connectivity index (χ1) is 10.8. The fourth-order valence-electron chi connectivity index (χ4n) is 3.51. The first-order valence-corrected chi connectivity index (χ1v) is 8.78. The number of hydrogen-bond donors (Lipinski definition) is 0. The van der Waals surface area contributed by atoms with E-state index in [2.05, 4.69) is 52.3 Å². The number of rotatable bonds is 1. The van der Waals surface area contributed by atoms with E-state index in [4.69, 9.17) is 9.73 Å². The lowest BCUT2D eigenvalue weighted by molar-refractivity contribution is 0.0206. The second-order valence-electron chi connectivity index (χ2n) is 6.01. The molecule has 2 atom stereocenters. The minimum absolute atomic E-state index is 0.290. The molecule has 1 aliphatic heterocycles. The van der Waals surface area contributed by atoms with E-state index in [1.165, 1.54) is 18.4 Å². The van der Waals surface area contributed by atoms with Crippen molar-refractivity contribution in [1.82, 2.24) is 0 Å². The second-order valence-corrected chi connectivity index (χ2v) is 7.11. The number of aliphatic imine (C=N–C) groups is 1. The third-order valence-electron chi connectivity index (χ3n) is 4.64. The van der Waals surface area contributed by atoms with Gasteiger partial charge in [0.1, 0.15) is 0 Å². The third kappa shape index (κ3) is 2.19. The maximum Gasteiger partial charge on any atom is 0.222 e. The summed E-state index contributed by atoms with van der Waals surface area (Å²) in [5.41, 5.74) is 3.01. The molecule has 3 heteroatoms. The number of ether oxygens (including phenoxy) is 1. The van der Waals surface area contributed by atoms with Crippen LogP contribution >= 0.6 is 15.9 Å². The zero-order valence-corrected chi connectivity index (χ0v) is 13.9. The summed E-state index contributed by atoms with van der Waals surface area (Å²) in [5.74, 6) is 0.741. The molecule has 1 heterocycles. The van der Waals surface area contributed by atoms with Gasteiger partial charge in [0.15, 0.2) is 5.60 Å². The number of nitrogens with zero attached hydrogens (tertiary/aromatic N) is 1. The molecule has 1 saturated carbocycles. The van der Waals surface area contributed by atoms with Crippen LogP contribution in [0.3, 0.4) is 0 Å². The molecule has 0 N–H and O–H groups in total. The molecule has 1 fully saturated rings. The quantitative estimate of drug-likeness (QED) is 0.633. The molecule has 2 aromatic rings. The molecule has 112 valence electrons. The average Bonchev–Trinajstić information content (AvgIpc) is 2.58. The Balaban J connectivity index is 1.87. The van der Waals surface area contributed by atoms with Crippen molar-refractivity contribution >= 4 is 27.5 Å². The van der Waals surface area contributed by atoms with Gasteiger partial charge in [0, 0.05) is 11.1 Å². The molecule has 1 spiro atoms. The highest BCUT2D eigenvalue weighted by Crippen LogP contribution is 2.50. The van der Waals surface area contributed by atoms with Crippen LogP contribution in [0.4, 0.5) is 5.69 Å². The van der Waals surface area contributed by atoms with Crippen LogP contribution in [-0.4, -0.2) is 10.7 Å². The van der Waals surface area contributed by atoms with Crippen molar-refractivity contribution in [3.63, 3.8) is 0 Å². The standard InChI is InChI=1S/C19H18BrNO/c20-17-12-6-7-13-19(17)15-10-4-5-11-16(15)21-18(22-19)14-8-2-1-3-9-14/h1-5,8-11,17H,6-7,12-13H2/t17-,19-/m0/s1. The summed E-state index contributed by atoms with van der Waals surface area (Å²) in [4.78, 5) is 5.10. The highest BCUT2D eigenvalue weighted by Gasteiger charge is 2.47. The maximum atomic E-state index is 6.54. The lowest BCUT2D eigenvalue weighted by Crippen LogP contribution is -2.44. The molecular weight excluding hydrogens is 338 g/mol. The van der Waals surface area contributed by atoms with Crippen molar-refractivity contribution in [3.05, 3.63) is 65.7 Å². The molecule has 0 unspecified atom stereocenters. The van der Waals surface area contributed by atoms with Crippen molar-refractivity contribution in [2.24, 2.45) is 4.99 Å². The summed E-state index contributed by atoms with van der Waals surface area (Å²) >= 11 is 3.90. The largest absolute Gasteiger partial charge is 0.464 e. The molecule has 0 saturated heterocycles. The summed E-state index contributed by atoms with van der Waals surface area (Å²) in [6, 6.07) is 18.6. The monoisotopic (exact) mass is 355 g/mol. The number of halogens is 1. The molecule has 2 aromatic carbocycles. The molecule has 2 nitrogen and oxygen atoms in total. The number of hydrogen-bond acceptors (Lipinski definition) is 2. The van der Waals surface area contributed by atoms with Gasteiger partial charge in [-0.1, -0.05) is 58.7 Å². The van der Waals surface area contributed by atoms with Crippen molar-refractivity contribution in [2.75, 3.05) is 0 Å². The minimum Gasteiger partial charge on any atom is -0.464 e. The van der Waals surface area contributed by atoms with Gasteiger partial charge in [-0.2, -0.15) is 0 Å². The van der Waals surface area contributed by atoms with Crippen molar-refractivity contribution in [1.29, 1.82) is 0 Å². The predicted molar refractivity (Wildman–Crippen MR) is 93.0 cm³/mol. The Hall–Kier alpha value is -1.61. The number of benzene rings is 2. The lowest BCUT2D eigenvalue weighted by atomic mass is 9.78. The summed E-state index contributed by atoms with van der Waals surface area (Å²) in [6.45, 7) is 0. The van der Waals surface area contributed by atoms with E-state index >= 15 is 0 Å². The van der Waals surface area contributed by atoms with Crippen LogP contribution in [0.2, 0.25) is 0 Å². The fraction of sp³-hybridized carbons (Fsp3) is 0.316. The number of fused-ring (bicyclic) bond motifs is 2. The predicted octanol–water partition coefficient (Wildman–Crippen LogP) is 5.33. The summed E-state index contributed by atoms with van der Waals surface area (Å²) in [5, 5.41) is 0. The Morgan fingerprint density at radius 2 is 1.77 bits per heavy atom. The topological polar surface area (TPSA) is 21.6 Å². The zero-order chi connectivity index (χ0) is 15.0. The average molecular weight is 356 g/mol. The summed E-state index contributed by atoms with van der Waals surface area (Å²) < 4.78 is 6.54. The smallest absolute Gasteiger partial charge is 0.222 e. The van der Waals surface area contributed by atoms with Crippen LogP contribution < -0.4 is 0 Å². The Kier molecular flexibility index (Phi) is 3.53. The molecular formula is C19H18BrNO. The van der Waals surface area contributed by atoms with Gasteiger partial charge >= 0.3 is 0 Å². The number of para-hydroxylation sites is 1. The van der Waals surface area contributed by atoms with E-state index in [0.29, 0.717) is 4.83 Å². The van der Waals surface area contributed by atoms with Gasteiger partial charge in [-0.3, -0.25) is 0 Å². The first kappa shape index (κ1) is 14.0. The molecule has 2 aliphatic rings. The van der Waals surface area contributed by atoms with E-state index in [-0.39, 0.29) is 5.60 Å². The Morgan fingerprint density at radius 3 is 2.59 bits per heavy atom. The Bertz CT molecular complexity index is 712. The van der Waals surface area contributed by atoms with Gasteiger partial charge in [0.25, 0.3) is 0 Å². The van der Waals surface area contributed by atoms with Crippen LogP contribution in [0.15, 0.2) is 59.6 Å². The summed E-state index contributed by atoms with van der Waals surface area (Å²) in [7, 11) is 0. The third-order valence-corrected chi connectivity index (χ3v) is 5.84. The SMILES string of the molecule is Br[C@H]1CCCC[C@@]12OC(c1ccccc1)=Nc1ccccc12. The molecule has 1 aliphatic carbocycles. The molecule has 0 radical (unpaired) electrons. The van der Waals surface area contributed by atoms with Crippen LogP contribution in [0, 0.1) is 0 Å². The van der Waals surface area contributed by atoms with E-state index in [0.717, 1.165) is 30.0 Å².